The second-order valence-electron chi connectivity index (χ2n) is 8.13. The smallest absolute Gasteiger partial charge is 0.222 e. The third-order valence-electron chi connectivity index (χ3n) is 5.59. The number of halogens is 1. The summed E-state index contributed by atoms with van der Waals surface area (Å²) < 4.78 is 2.04. The van der Waals surface area contributed by atoms with Gasteiger partial charge in [-0.2, -0.15) is 5.10 Å². The number of benzene rings is 1. The van der Waals surface area contributed by atoms with Crippen LogP contribution in [-0.2, 0) is 24.3 Å². The van der Waals surface area contributed by atoms with Crippen LogP contribution in [0, 0.1) is 13.8 Å². The van der Waals surface area contributed by atoms with Gasteiger partial charge in [0.15, 0.2) is 5.96 Å². The lowest BCUT2D eigenvalue weighted by Crippen LogP contribution is -2.39. The molecular formula is C24H37IN6O. The zero-order chi connectivity index (χ0) is 22.1. The fourth-order valence-electron chi connectivity index (χ4n) is 3.97. The number of carbonyl (C=O) groups excluding carboxylic acids is 1. The number of amides is 1. The minimum Gasteiger partial charge on any atom is -0.357 e. The molecule has 1 aliphatic rings. The predicted molar refractivity (Wildman–Crippen MR) is 141 cm³/mol. The molecule has 7 nitrogen and oxygen atoms in total. The van der Waals surface area contributed by atoms with Gasteiger partial charge in [0, 0.05) is 51.4 Å². The van der Waals surface area contributed by atoms with Gasteiger partial charge in [-0.05, 0) is 57.2 Å². The Hall–Kier alpha value is -2.10. The van der Waals surface area contributed by atoms with E-state index in [2.05, 4.69) is 64.9 Å². The lowest BCUT2D eigenvalue weighted by atomic mass is 9.99. The standard InChI is InChI=1S/C24H36N6O.HI/c1-4-25-24(27-14-8-15-30-20(3)17-19(2)28-30)26-13-7-11-23(31)29-16-12-21-9-5-6-10-22(21)18-29;/h5-6,9-10,17H,4,7-8,11-16,18H2,1-3H3,(H2,25,26,27);1H. The highest BCUT2D eigenvalue weighted by Gasteiger charge is 2.19. The van der Waals surface area contributed by atoms with Crippen molar-refractivity contribution in [2.75, 3.05) is 26.2 Å². The van der Waals surface area contributed by atoms with Crippen molar-refractivity contribution in [3.05, 3.63) is 52.8 Å². The highest BCUT2D eigenvalue weighted by atomic mass is 127. The summed E-state index contributed by atoms with van der Waals surface area (Å²) in [6.07, 6.45) is 3.25. The first-order valence-electron chi connectivity index (χ1n) is 11.4. The molecule has 176 valence electrons. The molecule has 0 bridgehead atoms. The van der Waals surface area contributed by atoms with Gasteiger partial charge in [-0.3, -0.25) is 14.5 Å². The molecule has 32 heavy (non-hydrogen) atoms. The van der Waals surface area contributed by atoms with E-state index in [1.807, 2.05) is 16.5 Å². The first-order valence-corrected chi connectivity index (χ1v) is 11.4. The lowest BCUT2D eigenvalue weighted by Gasteiger charge is -2.29. The van der Waals surface area contributed by atoms with Gasteiger partial charge in [0.1, 0.15) is 0 Å². The number of nitrogens with one attached hydrogen (secondary N) is 2. The number of aryl methyl sites for hydroxylation is 3. The Morgan fingerprint density at radius 3 is 2.66 bits per heavy atom. The van der Waals surface area contributed by atoms with Crippen LogP contribution in [0.15, 0.2) is 35.3 Å². The largest absolute Gasteiger partial charge is 0.357 e. The van der Waals surface area contributed by atoms with Gasteiger partial charge >= 0.3 is 0 Å². The van der Waals surface area contributed by atoms with Crippen molar-refractivity contribution in [1.29, 1.82) is 0 Å². The van der Waals surface area contributed by atoms with Crippen molar-refractivity contribution in [1.82, 2.24) is 25.3 Å². The van der Waals surface area contributed by atoms with Crippen LogP contribution >= 0.6 is 24.0 Å². The molecule has 3 rings (SSSR count). The summed E-state index contributed by atoms with van der Waals surface area (Å²) in [6.45, 7) is 10.9. The number of aromatic nitrogens is 2. The fourth-order valence-corrected chi connectivity index (χ4v) is 3.97. The molecule has 0 fully saturated rings. The number of fused-ring (bicyclic) bond motifs is 1. The van der Waals surface area contributed by atoms with E-state index in [1.165, 1.54) is 16.8 Å². The summed E-state index contributed by atoms with van der Waals surface area (Å²) in [5.41, 5.74) is 4.90. The Labute approximate surface area is 209 Å². The molecule has 0 aliphatic carbocycles. The predicted octanol–water partition coefficient (Wildman–Crippen LogP) is 3.43. The molecule has 1 amide bonds. The Morgan fingerprint density at radius 2 is 1.94 bits per heavy atom. The van der Waals surface area contributed by atoms with Crippen molar-refractivity contribution in [3.8, 4) is 0 Å². The number of aliphatic imine (C=N–C) groups is 1. The van der Waals surface area contributed by atoms with E-state index in [0.717, 1.165) is 70.2 Å². The first kappa shape index (κ1) is 26.2. The quantitative estimate of drug-likeness (QED) is 0.217. The molecule has 2 aromatic rings. The van der Waals surface area contributed by atoms with Crippen molar-refractivity contribution in [2.45, 2.75) is 59.5 Å². The molecule has 1 aromatic heterocycles. The van der Waals surface area contributed by atoms with E-state index in [9.17, 15) is 4.79 Å². The van der Waals surface area contributed by atoms with Crippen molar-refractivity contribution in [2.24, 2.45) is 4.99 Å². The van der Waals surface area contributed by atoms with Crippen molar-refractivity contribution < 1.29 is 4.79 Å². The summed E-state index contributed by atoms with van der Waals surface area (Å²) in [7, 11) is 0. The van der Waals surface area contributed by atoms with E-state index in [-0.39, 0.29) is 29.9 Å². The van der Waals surface area contributed by atoms with Crippen LogP contribution in [0.2, 0.25) is 0 Å². The summed E-state index contributed by atoms with van der Waals surface area (Å²) in [5.74, 6) is 1.05. The topological polar surface area (TPSA) is 74.5 Å². The van der Waals surface area contributed by atoms with Gasteiger partial charge in [0.05, 0.1) is 5.69 Å². The molecule has 2 heterocycles. The molecule has 0 unspecified atom stereocenters. The number of nitrogens with zero attached hydrogens (tertiary/aromatic N) is 4. The third kappa shape index (κ3) is 7.79. The second kappa shape index (κ2) is 13.4. The summed E-state index contributed by atoms with van der Waals surface area (Å²) in [5, 5.41) is 11.1. The molecule has 0 spiro atoms. The highest BCUT2D eigenvalue weighted by Crippen LogP contribution is 2.19. The SMILES string of the molecule is CCNC(=NCCCn1nc(C)cc1C)NCCCC(=O)N1CCc2ccccc2C1.I. The van der Waals surface area contributed by atoms with Crippen LogP contribution in [0.1, 0.15) is 48.7 Å². The maximum atomic E-state index is 12.6. The Kier molecular flexibility index (Phi) is 11.0. The third-order valence-corrected chi connectivity index (χ3v) is 5.59. The summed E-state index contributed by atoms with van der Waals surface area (Å²) >= 11 is 0. The first-order chi connectivity index (χ1) is 15.1. The lowest BCUT2D eigenvalue weighted by molar-refractivity contribution is -0.132. The molecular weight excluding hydrogens is 515 g/mol. The number of carbonyl (C=O) groups is 1. The van der Waals surface area contributed by atoms with E-state index < -0.39 is 0 Å². The minimum absolute atomic E-state index is 0. The molecule has 0 atom stereocenters. The van der Waals surface area contributed by atoms with E-state index >= 15 is 0 Å². The van der Waals surface area contributed by atoms with Crippen LogP contribution in [-0.4, -0.2) is 52.7 Å². The van der Waals surface area contributed by atoms with E-state index in [4.69, 9.17) is 0 Å². The number of rotatable bonds is 9. The minimum atomic E-state index is 0. The molecule has 2 N–H and O–H groups in total. The average molecular weight is 553 g/mol. The Morgan fingerprint density at radius 1 is 1.16 bits per heavy atom. The molecule has 1 aromatic carbocycles. The molecule has 8 heteroatoms. The van der Waals surface area contributed by atoms with Gasteiger partial charge in [0.25, 0.3) is 0 Å². The fraction of sp³-hybridized carbons (Fsp3) is 0.542. The van der Waals surface area contributed by atoms with Crippen molar-refractivity contribution in [3.63, 3.8) is 0 Å². The average Bonchev–Trinajstić information content (AvgIpc) is 3.10. The van der Waals surface area contributed by atoms with Gasteiger partial charge in [0.2, 0.25) is 5.91 Å². The number of guanidine groups is 1. The van der Waals surface area contributed by atoms with Crippen molar-refractivity contribution >= 4 is 35.8 Å². The number of hydrogen-bond acceptors (Lipinski definition) is 3. The van der Waals surface area contributed by atoms with Crippen LogP contribution in [0.4, 0.5) is 0 Å². The second-order valence-corrected chi connectivity index (χ2v) is 8.13. The van der Waals surface area contributed by atoms with Gasteiger partial charge < -0.3 is 15.5 Å². The summed E-state index contributed by atoms with van der Waals surface area (Å²) in [6, 6.07) is 10.5. The molecule has 0 saturated carbocycles. The van der Waals surface area contributed by atoms with E-state index in [1.54, 1.807) is 0 Å². The zero-order valence-electron chi connectivity index (χ0n) is 19.6. The maximum absolute atomic E-state index is 12.6. The van der Waals surface area contributed by atoms with Crippen LogP contribution < -0.4 is 10.6 Å². The number of hydrogen-bond donors (Lipinski definition) is 2. The molecule has 0 radical (unpaired) electrons. The normalized spacial score (nSPS) is 13.3. The monoisotopic (exact) mass is 552 g/mol. The van der Waals surface area contributed by atoms with Gasteiger partial charge in [-0.1, -0.05) is 24.3 Å². The van der Waals surface area contributed by atoms with Crippen LogP contribution in [0.5, 0.6) is 0 Å². The Balaban J connectivity index is 0.00000363. The molecule has 1 aliphatic heterocycles. The van der Waals surface area contributed by atoms with E-state index in [0.29, 0.717) is 6.42 Å². The zero-order valence-corrected chi connectivity index (χ0v) is 21.9. The maximum Gasteiger partial charge on any atom is 0.222 e. The highest BCUT2D eigenvalue weighted by molar-refractivity contribution is 14.0. The summed E-state index contributed by atoms with van der Waals surface area (Å²) in [4.78, 5) is 19.2. The molecule has 0 saturated heterocycles. The Bertz CT molecular complexity index is 894. The van der Waals surface area contributed by atoms with Gasteiger partial charge in [-0.25, -0.2) is 0 Å². The van der Waals surface area contributed by atoms with Crippen LogP contribution in [0.3, 0.4) is 0 Å². The van der Waals surface area contributed by atoms with Gasteiger partial charge in [-0.15, -0.1) is 24.0 Å². The van der Waals surface area contributed by atoms with Crippen LogP contribution in [0.25, 0.3) is 0 Å².